The highest BCUT2D eigenvalue weighted by Gasteiger charge is 2.60. The number of benzene rings is 1. The fraction of sp³-hybridized carbons (Fsp3) is 0.647. The Morgan fingerprint density at radius 3 is 3.00 bits per heavy atom. The molecule has 0 aromatic heterocycles. The van der Waals surface area contributed by atoms with Crippen molar-refractivity contribution in [3.63, 3.8) is 0 Å². The van der Waals surface area contributed by atoms with E-state index in [-0.39, 0.29) is 18.2 Å². The smallest absolute Gasteiger partial charge is 0.231 e. The average molecular weight is 319 g/mol. The summed E-state index contributed by atoms with van der Waals surface area (Å²) >= 11 is 0. The first kappa shape index (κ1) is 13.9. The molecule has 6 nitrogen and oxygen atoms in total. The number of hydrogen-bond donors (Lipinski definition) is 2. The highest BCUT2D eigenvalue weighted by Crippen LogP contribution is 2.58. The number of fused-ring (bicyclic) bond motifs is 2. The van der Waals surface area contributed by atoms with Gasteiger partial charge in [-0.3, -0.25) is 4.90 Å². The molecule has 2 fully saturated rings. The molecule has 23 heavy (non-hydrogen) atoms. The minimum Gasteiger partial charge on any atom is -0.492 e. The summed E-state index contributed by atoms with van der Waals surface area (Å²) in [6, 6.07) is 2.22. The molecule has 1 aromatic carbocycles. The summed E-state index contributed by atoms with van der Waals surface area (Å²) in [4.78, 5) is 2.37. The Morgan fingerprint density at radius 1 is 1.30 bits per heavy atom. The molecule has 0 radical (unpaired) electrons. The van der Waals surface area contributed by atoms with Gasteiger partial charge in [0.1, 0.15) is 0 Å². The molecule has 1 aromatic rings. The molecule has 2 bridgehead atoms. The largest absolute Gasteiger partial charge is 0.492 e. The molecule has 3 aliphatic heterocycles. The van der Waals surface area contributed by atoms with Crippen LogP contribution in [0.1, 0.15) is 30.4 Å². The van der Waals surface area contributed by atoms with E-state index in [0.29, 0.717) is 24.3 Å². The van der Waals surface area contributed by atoms with Gasteiger partial charge in [0.05, 0.1) is 19.3 Å². The number of nitrogens with zero attached hydrogens (tertiary/aromatic N) is 1. The van der Waals surface area contributed by atoms with Gasteiger partial charge in [-0.2, -0.15) is 0 Å². The highest BCUT2D eigenvalue weighted by molar-refractivity contribution is 5.63. The summed E-state index contributed by atoms with van der Waals surface area (Å²) in [7, 11) is 1.65. The van der Waals surface area contributed by atoms with Crippen LogP contribution in [-0.2, 0) is 12.0 Å². The summed E-state index contributed by atoms with van der Waals surface area (Å²) in [5.41, 5.74) is 1.89. The molecule has 6 heteroatoms. The summed E-state index contributed by atoms with van der Waals surface area (Å²) in [5, 5.41) is 21.0. The van der Waals surface area contributed by atoms with E-state index in [1.807, 2.05) is 6.07 Å². The van der Waals surface area contributed by atoms with Gasteiger partial charge >= 0.3 is 0 Å². The molecule has 124 valence electrons. The fourth-order valence-electron chi connectivity index (χ4n) is 5.27. The predicted molar refractivity (Wildman–Crippen MR) is 80.9 cm³/mol. The van der Waals surface area contributed by atoms with E-state index in [1.54, 1.807) is 7.11 Å². The van der Waals surface area contributed by atoms with Crippen molar-refractivity contribution in [1.29, 1.82) is 0 Å². The van der Waals surface area contributed by atoms with Gasteiger partial charge in [0.25, 0.3) is 0 Å². The minimum absolute atomic E-state index is 0.179. The number of ether oxygens (including phenoxy) is 3. The molecule has 2 N–H and O–H groups in total. The van der Waals surface area contributed by atoms with E-state index >= 15 is 0 Å². The third-order valence-corrected chi connectivity index (χ3v) is 6.22. The Hall–Kier alpha value is -1.50. The summed E-state index contributed by atoms with van der Waals surface area (Å²) in [6.45, 7) is 1.90. The van der Waals surface area contributed by atoms with Crippen molar-refractivity contribution in [1.82, 2.24) is 4.90 Å². The van der Waals surface area contributed by atoms with Crippen LogP contribution in [0.3, 0.4) is 0 Å². The zero-order chi connectivity index (χ0) is 15.8. The fourth-order valence-corrected chi connectivity index (χ4v) is 5.27. The van der Waals surface area contributed by atoms with Crippen molar-refractivity contribution in [2.45, 2.75) is 49.5 Å². The molecule has 4 aliphatic rings. The quantitative estimate of drug-likeness (QED) is 0.796. The van der Waals surface area contributed by atoms with Crippen LogP contribution < -0.4 is 14.2 Å². The lowest BCUT2D eigenvalue weighted by molar-refractivity contribution is -0.0502. The lowest BCUT2D eigenvalue weighted by Crippen LogP contribution is -2.58. The molecular formula is C17H21NO5. The molecule has 5 unspecified atom stereocenters. The Morgan fingerprint density at radius 2 is 2.17 bits per heavy atom. The van der Waals surface area contributed by atoms with E-state index in [4.69, 9.17) is 14.2 Å². The Balaban J connectivity index is 1.75. The van der Waals surface area contributed by atoms with Gasteiger partial charge in [-0.25, -0.2) is 0 Å². The zero-order valence-corrected chi connectivity index (χ0v) is 13.1. The number of hydrogen-bond acceptors (Lipinski definition) is 6. The van der Waals surface area contributed by atoms with Crippen molar-refractivity contribution in [2.24, 2.45) is 0 Å². The molecule has 5 atom stereocenters. The van der Waals surface area contributed by atoms with Gasteiger partial charge in [0.2, 0.25) is 12.5 Å². The summed E-state index contributed by atoms with van der Waals surface area (Å²) < 4.78 is 16.8. The maximum atomic E-state index is 10.9. The number of rotatable bonds is 1. The second kappa shape index (κ2) is 4.53. The maximum absolute atomic E-state index is 10.9. The van der Waals surface area contributed by atoms with Crippen LogP contribution in [0.15, 0.2) is 6.07 Å². The topological polar surface area (TPSA) is 71.4 Å². The van der Waals surface area contributed by atoms with Crippen LogP contribution in [0, 0.1) is 0 Å². The van der Waals surface area contributed by atoms with Crippen molar-refractivity contribution in [3.8, 4) is 17.2 Å². The van der Waals surface area contributed by atoms with E-state index in [2.05, 4.69) is 4.90 Å². The van der Waals surface area contributed by atoms with Crippen LogP contribution in [-0.4, -0.2) is 53.8 Å². The van der Waals surface area contributed by atoms with E-state index in [0.717, 1.165) is 36.4 Å². The van der Waals surface area contributed by atoms with Gasteiger partial charge in [0, 0.05) is 30.0 Å². The van der Waals surface area contributed by atoms with Crippen molar-refractivity contribution in [2.75, 3.05) is 20.4 Å². The molecule has 0 spiro atoms. The van der Waals surface area contributed by atoms with Crippen LogP contribution in [0.2, 0.25) is 0 Å². The number of aliphatic hydroxyl groups is 2. The average Bonchev–Trinajstić information content (AvgIpc) is 3.08. The van der Waals surface area contributed by atoms with Gasteiger partial charge in [-0.1, -0.05) is 0 Å². The van der Waals surface area contributed by atoms with Crippen LogP contribution in [0.5, 0.6) is 17.2 Å². The molecule has 3 heterocycles. The van der Waals surface area contributed by atoms with Crippen molar-refractivity contribution >= 4 is 0 Å². The summed E-state index contributed by atoms with van der Waals surface area (Å²) in [6.07, 6.45) is 1.07. The monoisotopic (exact) mass is 319 g/mol. The second-order valence-electron chi connectivity index (χ2n) is 7.09. The molecule has 1 saturated carbocycles. The van der Waals surface area contributed by atoms with E-state index in [9.17, 15) is 10.2 Å². The number of aliphatic hydroxyl groups excluding tert-OH is 2. The normalized spacial score (nSPS) is 39.8. The first-order chi connectivity index (χ1) is 11.1. The SMILES string of the molecule is COc1c2c(cc3c1OCO3)C13CCN(C2)C1CC(O)CC3O. The van der Waals surface area contributed by atoms with Gasteiger partial charge in [-0.15, -0.1) is 0 Å². The molecule has 1 saturated heterocycles. The maximum Gasteiger partial charge on any atom is 0.231 e. The number of methoxy groups -OCH3 is 1. The molecule has 0 amide bonds. The third kappa shape index (κ3) is 1.59. The third-order valence-electron chi connectivity index (χ3n) is 6.22. The lowest BCUT2D eigenvalue weighted by Gasteiger charge is -2.51. The minimum atomic E-state index is -0.551. The standard InChI is InChI=1S/C17H21NO5/c1-21-15-10-7-18-3-2-17(13(18)4-9(19)5-14(17)20)11(10)6-12-16(15)23-8-22-12/h6,9,13-14,19-20H,2-5,7-8H2,1H3. The van der Waals surface area contributed by atoms with Crippen LogP contribution >= 0.6 is 0 Å². The predicted octanol–water partition coefficient (Wildman–Crippen LogP) is 0.765. The van der Waals surface area contributed by atoms with Crippen LogP contribution in [0.4, 0.5) is 0 Å². The summed E-state index contributed by atoms with van der Waals surface area (Å²) in [5.74, 6) is 2.11. The first-order valence-corrected chi connectivity index (χ1v) is 8.25. The Labute approximate surface area is 134 Å². The Bertz CT molecular complexity index is 677. The van der Waals surface area contributed by atoms with E-state index in [1.165, 1.54) is 0 Å². The Kier molecular flexibility index (Phi) is 2.73. The van der Waals surface area contributed by atoms with E-state index < -0.39 is 12.2 Å². The van der Waals surface area contributed by atoms with Crippen LogP contribution in [0.25, 0.3) is 0 Å². The molecule has 1 aliphatic carbocycles. The first-order valence-electron chi connectivity index (χ1n) is 8.25. The second-order valence-corrected chi connectivity index (χ2v) is 7.09. The molecular weight excluding hydrogens is 298 g/mol. The van der Waals surface area contributed by atoms with Crippen molar-refractivity contribution < 1.29 is 24.4 Å². The van der Waals surface area contributed by atoms with Crippen molar-refractivity contribution in [3.05, 3.63) is 17.2 Å². The van der Waals surface area contributed by atoms with Gasteiger partial charge in [0.15, 0.2) is 11.5 Å². The highest BCUT2D eigenvalue weighted by atomic mass is 16.7. The van der Waals surface area contributed by atoms with Gasteiger partial charge < -0.3 is 24.4 Å². The molecule has 5 rings (SSSR count). The van der Waals surface area contributed by atoms with Gasteiger partial charge in [-0.05, 0) is 31.0 Å². The lowest BCUT2D eigenvalue weighted by atomic mass is 9.61. The zero-order valence-electron chi connectivity index (χ0n) is 13.1.